The second kappa shape index (κ2) is 8.43. The topological polar surface area (TPSA) is 52.3 Å². The van der Waals surface area contributed by atoms with Gasteiger partial charge >= 0.3 is 0 Å². The molecule has 0 spiro atoms. The summed E-state index contributed by atoms with van der Waals surface area (Å²) in [5.41, 5.74) is 2.81. The number of hydrogen-bond acceptors (Lipinski definition) is 5. The van der Waals surface area contributed by atoms with Crippen molar-refractivity contribution in [3.63, 3.8) is 0 Å². The second-order valence-corrected chi connectivity index (χ2v) is 7.38. The molecule has 0 atom stereocenters. The van der Waals surface area contributed by atoms with Crippen LogP contribution in [0, 0.1) is 6.92 Å². The molecule has 0 N–H and O–H groups in total. The fraction of sp³-hybridized carbons (Fsp3) is 0.200. The van der Waals surface area contributed by atoms with E-state index in [1.807, 2.05) is 55.5 Å². The van der Waals surface area contributed by atoms with Crippen LogP contribution in [0.1, 0.15) is 18.2 Å². The molecule has 0 unspecified atom stereocenters. The highest BCUT2D eigenvalue weighted by atomic mass is 35.5. The van der Waals surface area contributed by atoms with Crippen molar-refractivity contribution < 1.29 is 14.1 Å². The Kier molecular flexibility index (Phi) is 6.01. The maximum Gasteiger partial charge on any atom is 0.167 e. The summed E-state index contributed by atoms with van der Waals surface area (Å²) in [5.74, 6) is 2.16. The number of nitrogens with zero attached hydrogens (tertiary/aromatic N) is 1. The smallest absolute Gasteiger partial charge is 0.167 e. The van der Waals surface area contributed by atoms with Gasteiger partial charge in [-0.15, -0.1) is 11.8 Å². The van der Waals surface area contributed by atoms with E-state index in [1.54, 1.807) is 11.8 Å². The number of hydrogen-bond donors (Lipinski definition) is 0. The molecule has 2 aromatic carbocycles. The SMILES string of the molecule is CC(=O)COc1ccc(SCc2cc(-c3ccc(Cl)cc3)on2)cc1C. The molecule has 0 aliphatic rings. The molecular weight excluding hydrogens is 370 g/mol. The molecule has 0 saturated heterocycles. The lowest BCUT2D eigenvalue weighted by Gasteiger charge is -2.09. The predicted octanol–water partition coefficient (Wildman–Crippen LogP) is 5.56. The first-order chi connectivity index (χ1) is 12.5. The van der Waals surface area contributed by atoms with Gasteiger partial charge in [-0.1, -0.05) is 16.8 Å². The molecule has 4 nitrogen and oxygen atoms in total. The van der Waals surface area contributed by atoms with Gasteiger partial charge in [0.1, 0.15) is 12.4 Å². The van der Waals surface area contributed by atoms with Crippen molar-refractivity contribution in [1.29, 1.82) is 0 Å². The molecule has 26 heavy (non-hydrogen) atoms. The molecule has 1 heterocycles. The summed E-state index contributed by atoms with van der Waals surface area (Å²) in [5, 5.41) is 4.82. The van der Waals surface area contributed by atoms with Gasteiger partial charge in [0.2, 0.25) is 0 Å². The fourth-order valence-corrected chi connectivity index (χ4v) is 3.34. The lowest BCUT2D eigenvalue weighted by atomic mass is 10.2. The van der Waals surface area contributed by atoms with Crippen LogP contribution in [0.5, 0.6) is 5.75 Å². The molecule has 134 valence electrons. The standard InChI is InChI=1S/C20H18ClNO3S/c1-13-9-18(7-8-19(13)24-11-14(2)23)26-12-17-10-20(25-22-17)15-3-5-16(21)6-4-15/h3-10H,11-12H2,1-2H3. The van der Waals surface area contributed by atoms with Gasteiger partial charge in [-0.05, 0) is 61.9 Å². The van der Waals surface area contributed by atoms with Crippen LogP contribution in [0.25, 0.3) is 11.3 Å². The minimum absolute atomic E-state index is 0.00498. The highest BCUT2D eigenvalue weighted by Crippen LogP contribution is 2.29. The first-order valence-corrected chi connectivity index (χ1v) is 9.45. The van der Waals surface area contributed by atoms with Gasteiger partial charge in [0, 0.05) is 27.3 Å². The monoisotopic (exact) mass is 387 g/mol. The van der Waals surface area contributed by atoms with E-state index < -0.39 is 0 Å². The third kappa shape index (κ3) is 4.90. The van der Waals surface area contributed by atoms with Crippen molar-refractivity contribution in [2.45, 2.75) is 24.5 Å². The van der Waals surface area contributed by atoms with E-state index in [9.17, 15) is 4.79 Å². The van der Waals surface area contributed by atoms with Crippen LogP contribution in [-0.2, 0) is 10.5 Å². The second-order valence-electron chi connectivity index (χ2n) is 5.90. The summed E-state index contributed by atoms with van der Waals surface area (Å²) < 4.78 is 10.9. The molecule has 0 fully saturated rings. The zero-order valence-corrected chi connectivity index (χ0v) is 16.1. The minimum atomic E-state index is 0.00498. The van der Waals surface area contributed by atoms with Crippen molar-refractivity contribution in [2.75, 3.05) is 6.61 Å². The lowest BCUT2D eigenvalue weighted by molar-refractivity contribution is -0.118. The van der Waals surface area contributed by atoms with E-state index in [2.05, 4.69) is 5.16 Å². The summed E-state index contributed by atoms with van der Waals surface area (Å²) in [4.78, 5) is 12.1. The van der Waals surface area contributed by atoms with E-state index in [0.717, 1.165) is 33.2 Å². The van der Waals surface area contributed by atoms with Gasteiger partial charge in [0.15, 0.2) is 11.5 Å². The molecule has 0 aliphatic carbocycles. The van der Waals surface area contributed by atoms with E-state index in [0.29, 0.717) is 10.8 Å². The molecule has 0 radical (unpaired) electrons. The fourth-order valence-electron chi connectivity index (χ4n) is 2.34. The number of carbonyl (C=O) groups is 1. The maximum absolute atomic E-state index is 11.0. The Morgan fingerprint density at radius 2 is 1.96 bits per heavy atom. The molecule has 0 aliphatic heterocycles. The largest absolute Gasteiger partial charge is 0.486 e. The van der Waals surface area contributed by atoms with Gasteiger partial charge in [0.25, 0.3) is 0 Å². The maximum atomic E-state index is 11.0. The Morgan fingerprint density at radius 3 is 2.65 bits per heavy atom. The van der Waals surface area contributed by atoms with Crippen LogP contribution in [0.15, 0.2) is 57.9 Å². The van der Waals surface area contributed by atoms with Crippen LogP contribution >= 0.6 is 23.4 Å². The Balaban J connectivity index is 1.61. The number of ether oxygens (including phenoxy) is 1. The third-order valence-corrected chi connectivity index (χ3v) is 4.93. The Bertz CT molecular complexity index is 906. The van der Waals surface area contributed by atoms with Crippen LogP contribution in [0.4, 0.5) is 0 Å². The van der Waals surface area contributed by atoms with Gasteiger partial charge in [0.05, 0.1) is 5.69 Å². The Hall–Kier alpha value is -2.24. The highest BCUT2D eigenvalue weighted by molar-refractivity contribution is 7.98. The quantitative estimate of drug-likeness (QED) is 0.496. The van der Waals surface area contributed by atoms with Gasteiger partial charge in [-0.3, -0.25) is 4.79 Å². The molecular formula is C20H18ClNO3S. The molecule has 1 aromatic heterocycles. The lowest BCUT2D eigenvalue weighted by Crippen LogP contribution is -2.07. The summed E-state index contributed by atoms with van der Waals surface area (Å²) in [7, 11) is 0. The number of rotatable bonds is 7. The van der Waals surface area contributed by atoms with Crippen molar-refractivity contribution in [3.8, 4) is 17.1 Å². The van der Waals surface area contributed by atoms with Crippen LogP contribution < -0.4 is 4.74 Å². The molecule has 3 aromatic rings. The number of halogens is 1. The van der Waals surface area contributed by atoms with E-state index in [4.69, 9.17) is 20.9 Å². The average molecular weight is 388 g/mol. The number of aromatic nitrogens is 1. The van der Waals surface area contributed by atoms with Gasteiger partial charge < -0.3 is 9.26 Å². The molecule has 3 rings (SSSR count). The highest BCUT2D eigenvalue weighted by Gasteiger charge is 2.08. The van der Waals surface area contributed by atoms with Crippen LogP contribution in [-0.4, -0.2) is 17.5 Å². The first-order valence-electron chi connectivity index (χ1n) is 8.08. The number of ketones is 1. The van der Waals surface area contributed by atoms with Crippen molar-refractivity contribution in [2.24, 2.45) is 0 Å². The number of carbonyl (C=O) groups excluding carboxylic acids is 1. The number of aryl methyl sites for hydroxylation is 1. The van der Waals surface area contributed by atoms with E-state index >= 15 is 0 Å². The number of thioether (sulfide) groups is 1. The van der Waals surface area contributed by atoms with Crippen molar-refractivity contribution >= 4 is 29.1 Å². The van der Waals surface area contributed by atoms with Crippen molar-refractivity contribution in [1.82, 2.24) is 5.16 Å². The molecule has 0 amide bonds. The minimum Gasteiger partial charge on any atom is -0.486 e. The van der Waals surface area contributed by atoms with Crippen LogP contribution in [0.2, 0.25) is 5.02 Å². The molecule has 6 heteroatoms. The predicted molar refractivity (Wildman–Crippen MR) is 104 cm³/mol. The summed E-state index contributed by atoms with van der Waals surface area (Å²) in [6.45, 7) is 3.57. The zero-order valence-electron chi connectivity index (χ0n) is 14.5. The van der Waals surface area contributed by atoms with E-state index in [-0.39, 0.29) is 12.4 Å². The normalized spacial score (nSPS) is 10.7. The Morgan fingerprint density at radius 1 is 1.19 bits per heavy atom. The molecule has 0 saturated carbocycles. The summed E-state index contributed by atoms with van der Waals surface area (Å²) in [6, 6.07) is 15.3. The van der Waals surface area contributed by atoms with Gasteiger partial charge in [-0.25, -0.2) is 0 Å². The Labute approximate surface area is 161 Å². The molecule has 0 bridgehead atoms. The third-order valence-electron chi connectivity index (χ3n) is 3.65. The summed E-state index contributed by atoms with van der Waals surface area (Å²) in [6.07, 6.45) is 0. The summed E-state index contributed by atoms with van der Waals surface area (Å²) >= 11 is 7.57. The zero-order chi connectivity index (χ0) is 18.5. The number of Topliss-reactive ketones (excluding diaryl/α,β-unsaturated/α-hetero) is 1. The van der Waals surface area contributed by atoms with Crippen molar-refractivity contribution in [3.05, 3.63) is 64.8 Å². The van der Waals surface area contributed by atoms with E-state index in [1.165, 1.54) is 6.92 Å². The first kappa shape index (κ1) is 18.5. The number of benzene rings is 2. The van der Waals surface area contributed by atoms with Crippen LogP contribution in [0.3, 0.4) is 0 Å². The average Bonchev–Trinajstić information content (AvgIpc) is 3.08. The van der Waals surface area contributed by atoms with Gasteiger partial charge in [-0.2, -0.15) is 0 Å².